The van der Waals surface area contributed by atoms with E-state index in [9.17, 15) is 17.6 Å². The molecule has 0 heterocycles. The maximum Gasteiger partial charge on any atom is 0.335 e. The van der Waals surface area contributed by atoms with Gasteiger partial charge in [0.15, 0.2) is 0 Å². The average Bonchev–Trinajstić information content (AvgIpc) is 2.54. The summed E-state index contributed by atoms with van der Waals surface area (Å²) in [4.78, 5) is 10.6. The smallest absolute Gasteiger partial charge is 0.335 e. The zero-order valence-electron chi connectivity index (χ0n) is 12.4. The average molecular weight is 348 g/mol. The summed E-state index contributed by atoms with van der Waals surface area (Å²) in [7, 11) is -3.97. The van der Waals surface area contributed by atoms with Crippen LogP contribution >= 0.6 is 0 Å². The van der Waals surface area contributed by atoms with Crippen LogP contribution in [0.4, 0.5) is 4.39 Å². The molecule has 0 saturated carbocycles. The van der Waals surface area contributed by atoms with Crippen LogP contribution in [0.5, 0.6) is 0 Å². The van der Waals surface area contributed by atoms with Gasteiger partial charge in [-0.2, -0.15) is 5.26 Å². The lowest BCUT2D eigenvalue weighted by atomic mass is 10.1. The molecule has 24 heavy (non-hydrogen) atoms. The predicted octanol–water partition coefficient (Wildman–Crippen LogP) is 1.92. The van der Waals surface area contributed by atoms with Gasteiger partial charge in [0.1, 0.15) is 11.9 Å². The van der Waals surface area contributed by atoms with Crippen LogP contribution in [0.25, 0.3) is 0 Å². The molecule has 2 aromatic carbocycles. The summed E-state index contributed by atoms with van der Waals surface area (Å²) >= 11 is 0. The molecule has 0 radical (unpaired) electrons. The zero-order chi connectivity index (χ0) is 17.7. The minimum absolute atomic E-state index is 0.00759. The van der Waals surface area contributed by atoms with E-state index >= 15 is 0 Å². The van der Waals surface area contributed by atoms with Gasteiger partial charge in [0.2, 0.25) is 10.0 Å². The lowest BCUT2D eigenvalue weighted by Crippen LogP contribution is -2.26. The summed E-state index contributed by atoms with van der Waals surface area (Å²) in [5.41, 5.74) is 0.480. The molecule has 0 aliphatic heterocycles. The first kappa shape index (κ1) is 17.6. The monoisotopic (exact) mass is 348 g/mol. The number of sulfonamides is 1. The largest absolute Gasteiger partial charge is 0.478 e. The molecule has 0 unspecified atom stereocenters. The van der Waals surface area contributed by atoms with Gasteiger partial charge in [0.05, 0.1) is 16.0 Å². The van der Waals surface area contributed by atoms with Crippen molar-refractivity contribution in [3.8, 4) is 6.07 Å². The third-order valence-corrected chi connectivity index (χ3v) is 4.75. The van der Waals surface area contributed by atoms with Gasteiger partial charge in [0, 0.05) is 6.54 Å². The summed E-state index contributed by atoms with van der Waals surface area (Å²) in [6.07, 6.45) is 0.267. The molecule has 0 bridgehead atoms. The summed E-state index contributed by atoms with van der Waals surface area (Å²) in [5.74, 6) is -1.77. The Bertz CT molecular complexity index is 920. The molecule has 0 fully saturated rings. The quantitative estimate of drug-likeness (QED) is 0.829. The third kappa shape index (κ3) is 4.16. The van der Waals surface area contributed by atoms with Gasteiger partial charge in [-0.3, -0.25) is 0 Å². The first-order valence-electron chi connectivity index (χ1n) is 6.85. The molecule has 0 atom stereocenters. The number of hydrogen-bond acceptors (Lipinski definition) is 4. The Morgan fingerprint density at radius 3 is 2.67 bits per heavy atom. The molecular formula is C16H13FN2O4S. The standard InChI is InChI=1S/C16H13FN2O4S/c17-14-4-5-15(13(9-14)10-18)24(22,23)19-7-6-11-2-1-3-12(8-11)16(20)21/h1-5,8-9,19H,6-7H2,(H,20,21). The molecule has 0 spiro atoms. The second kappa shape index (κ2) is 7.21. The van der Waals surface area contributed by atoms with E-state index < -0.39 is 21.8 Å². The van der Waals surface area contributed by atoms with Crippen LogP contribution < -0.4 is 4.72 Å². The van der Waals surface area contributed by atoms with Gasteiger partial charge in [-0.25, -0.2) is 22.3 Å². The fourth-order valence-electron chi connectivity index (χ4n) is 2.09. The Balaban J connectivity index is 2.10. The van der Waals surface area contributed by atoms with Crippen LogP contribution in [0.15, 0.2) is 47.4 Å². The maximum absolute atomic E-state index is 13.1. The Labute approximate surface area is 138 Å². The number of aromatic carboxylic acids is 1. The highest BCUT2D eigenvalue weighted by molar-refractivity contribution is 7.89. The van der Waals surface area contributed by atoms with Gasteiger partial charge in [0.25, 0.3) is 0 Å². The maximum atomic E-state index is 13.1. The molecule has 2 aromatic rings. The van der Waals surface area contributed by atoms with Crippen LogP contribution in [0.3, 0.4) is 0 Å². The Morgan fingerprint density at radius 1 is 1.25 bits per heavy atom. The van der Waals surface area contributed by atoms with Gasteiger partial charge >= 0.3 is 5.97 Å². The second-order valence-electron chi connectivity index (χ2n) is 4.91. The van der Waals surface area contributed by atoms with Crippen molar-refractivity contribution < 1.29 is 22.7 Å². The van der Waals surface area contributed by atoms with Crippen molar-refractivity contribution in [3.63, 3.8) is 0 Å². The van der Waals surface area contributed by atoms with Crippen LogP contribution in [0.2, 0.25) is 0 Å². The molecular weight excluding hydrogens is 335 g/mol. The van der Waals surface area contributed by atoms with E-state index in [4.69, 9.17) is 10.4 Å². The van der Waals surface area contributed by atoms with Crippen LogP contribution in [0, 0.1) is 17.1 Å². The van der Waals surface area contributed by atoms with Crippen LogP contribution in [-0.2, 0) is 16.4 Å². The molecule has 0 aromatic heterocycles. The highest BCUT2D eigenvalue weighted by Gasteiger charge is 2.18. The molecule has 8 heteroatoms. The van der Waals surface area contributed by atoms with Crippen molar-refractivity contribution in [2.24, 2.45) is 0 Å². The number of hydrogen-bond donors (Lipinski definition) is 2. The molecule has 0 aliphatic rings. The summed E-state index contributed by atoms with van der Waals surface area (Å²) < 4.78 is 39.8. The summed E-state index contributed by atoms with van der Waals surface area (Å²) in [6, 6.07) is 10.6. The van der Waals surface area contributed by atoms with E-state index in [1.165, 1.54) is 12.1 Å². The highest BCUT2D eigenvalue weighted by Crippen LogP contribution is 2.16. The van der Waals surface area contributed by atoms with Crippen molar-refractivity contribution in [2.45, 2.75) is 11.3 Å². The number of nitrogens with one attached hydrogen (secondary N) is 1. The lowest BCUT2D eigenvalue weighted by molar-refractivity contribution is 0.0696. The van der Waals surface area contributed by atoms with Crippen LogP contribution in [0.1, 0.15) is 21.5 Å². The fraction of sp³-hybridized carbons (Fsp3) is 0.125. The minimum atomic E-state index is -3.97. The number of carboxylic acid groups (broad SMARTS) is 1. The predicted molar refractivity (Wildman–Crippen MR) is 83.4 cm³/mol. The van der Waals surface area contributed by atoms with E-state index in [2.05, 4.69) is 4.72 Å². The number of halogens is 1. The number of carbonyl (C=O) groups is 1. The van der Waals surface area contributed by atoms with E-state index in [1.54, 1.807) is 18.2 Å². The normalized spacial score (nSPS) is 11.0. The second-order valence-corrected chi connectivity index (χ2v) is 6.64. The van der Waals surface area contributed by atoms with Gasteiger partial charge in [-0.15, -0.1) is 0 Å². The van der Waals surface area contributed by atoms with E-state index in [1.807, 2.05) is 0 Å². The number of nitriles is 1. The number of nitrogens with zero attached hydrogens (tertiary/aromatic N) is 1. The highest BCUT2D eigenvalue weighted by atomic mass is 32.2. The molecule has 2 N–H and O–H groups in total. The van der Waals surface area contributed by atoms with E-state index in [-0.39, 0.29) is 29.0 Å². The molecule has 0 amide bonds. The summed E-state index contributed by atoms with van der Waals surface area (Å²) in [5, 5.41) is 17.8. The number of benzene rings is 2. The third-order valence-electron chi connectivity index (χ3n) is 3.23. The fourth-order valence-corrected chi connectivity index (χ4v) is 3.26. The SMILES string of the molecule is N#Cc1cc(F)ccc1S(=O)(=O)NCCc1cccc(C(=O)O)c1. The topological polar surface area (TPSA) is 107 Å². The van der Waals surface area contributed by atoms with E-state index in [0.29, 0.717) is 5.56 Å². The molecule has 124 valence electrons. The lowest BCUT2D eigenvalue weighted by Gasteiger charge is -2.08. The zero-order valence-corrected chi connectivity index (χ0v) is 13.2. The van der Waals surface area contributed by atoms with Gasteiger partial charge in [-0.1, -0.05) is 12.1 Å². The first-order chi connectivity index (χ1) is 11.3. The molecule has 2 rings (SSSR count). The molecule has 0 aliphatic carbocycles. The molecule has 6 nitrogen and oxygen atoms in total. The van der Waals surface area contributed by atoms with Crippen LogP contribution in [-0.4, -0.2) is 26.0 Å². The molecule has 0 saturated heterocycles. The van der Waals surface area contributed by atoms with Gasteiger partial charge < -0.3 is 5.11 Å². The van der Waals surface area contributed by atoms with Crippen molar-refractivity contribution >= 4 is 16.0 Å². The number of carboxylic acids is 1. The van der Waals surface area contributed by atoms with Crippen molar-refractivity contribution in [1.82, 2.24) is 4.72 Å². The summed E-state index contributed by atoms with van der Waals surface area (Å²) in [6.45, 7) is 0.00759. The Hall–Kier alpha value is -2.76. The minimum Gasteiger partial charge on any atom is -0.478 e. The van der Waals surface area contributed by atoms with Crippen molar-refractivity contribution in [2.75, 3.05) is 6.54 Å². The first-order valence-corrected chi connectivity index (χ1v) is 8.33. The van der Waals surface area contributed by atoms with Gasteiger partial charge in [-0.05, 0) is 42.3 Å². The van der Waals surface area contributed by atoms with Crippen molar-refractivity contribution in [1.29, 1.82) is 5.26 Å². The Morgan fingerprint density at radius 2 is 2.00 bits per heavy atom. The number of rotatable bonds is 6. The van der Waals surface area contributed by atoms with Crippen molar-refractivity contribution in [3.05, 3.63) is 65.0 Å². The van der Waals surface area contributed by atoms with E-state index in [0.717, 1.165) is 18.2 Å². The Kier molecular flexibility index (Phi) is 5.28.